The average molecular weight is 369 g/mol. The first kappa shape index (κ1) is 17.5. The van der Waals surface area contributed by atoms with Gasteiger partial charge in [0.2, 0.25) is 6.10 Å². The van der Waals surface area contributed by atoms with Crippen LogP contribution in [0.2, 0.25) is 0 Å². The van der Waals surface area contributed by atoms with Gasteiger partial charge in [-0.25, -0.2) is 4.68 Å². The molecule has 1 atom stereocenters. The Morgan fingerprint density at radius 2 is 1.43 bits per heavy atom. The van der Waals surface area contributed by atoms with Crippen LogP contribution in [0.3, 0.4) is 0 Å². The topological polar surface area (TPSA) is 56.2 Å². The number of nitrogens with zero attached hydrogens (tertiary/aromatic N) is 2. The minimum atomic E-state index is -0.787. The quantitative estimate of drug-likeness (QED) is 0.539. The Bertz CT molecular complexity index is 1030. The molecule has 28 heavy (non-hydrogen) atoms. The summed E-state index contributed by atoms with van der Waals surface area (Å²) in [7, 11) is 0. The number of carbonyl (C=O) groups excluding carboxylic acids is 1. The van der Waals surface area contributed by atoms with Crippen LogP contribution in [0.1, 0.15) is 11.7 Å². The lowest BCUT2D eigenvalue weighted by atomic mass is 10.1. The molecule has 0 spiro atoms. The average Bonchev–Trinajstić information content (AvgIpc) is 3.22. The molecule has 1 unspecified atom stereocenters. The minimum absolute atomic E-state index is 0.284. The zero-order chi connectivity index (χ0) is 19.2. The maximum Gasteiger partial charge on any atom is 0.271 e. The number of anilines is 1. The zero-order valence-corrected chi connectivity index (χ0v) is 15.1. The van der Waals surface area contributed by atoms with Crippen molar-refractivity contribution < 1.29 is 9.53 Å². The molecule has 4 rings (SSSR count). The van der Waals surface area contributed by atoms with Crippen LogP contribution in [0, 0.1) is 0 Å². The van der Waals surface area contributed by atoms with Gasteiger partial charge in [-0.3, -0.25) is 4.79 Å². The molecule has 1 heterocycles. The highest BCUT2D eigenvalue weighted by Gasteiger charge is 2.23. The Hall–Kier alpha value is -3.86. The summed E-state index contributed by atoms with van der Waals surface area (Å²) in [5.74, 6) is 0.807. The predicted molar refractivity (Wildman–Crippen MR) is 108 cm³/mol. The van der Waals surface area contributed by atoms with Crippen molar-refractivity contribution in [3.63, 3.8) is 0 Å². The highest BCUT2D eigenvalue weighted by Crippen LogP contribution is 2.23. The summed E-state index contributed by atoms with van der Waals surface area (Å²) in [4.78, 5) is 13.0. The predicted octanol–water partition coefficient (Wildman–Crippen LogP) is 4.63. The van der Waals surface area contributed by atoms with Crippen molar-refractivity contribution in [1.82, 2.24) is 9.78 Å². The second kappa shape index (κ2) is 8.22. The summed E-state index contributed by atoms with van der Waals surface area (Å²) >= 11 is 0. The van der Waals surface area contributed by atoms with E-state index < -0.39 is 6.10 Å². The van der Waals surface area contributed by atoms with Crippen molar-refractivity contribution in [3.8, 4) is 11.4 Å². The molecule has 138 valence electrons. The van der Waals surface area contributed by atoms with Crippen molar-refractivity contribution >= 4 is 11.7 Å². The van der Waals surface area contributed by atoms with E-state index in [2.05, 4.69) is 10.4 Å². The highest BCUT2D eigenvalue weighted by atomic mass is 16.5. The zero-order valence-electron chi connectivity index (χ0n) is 15.1. The first-order valence-corrected chi connectivity index (χ1v) is 8.98. The molecule has 3 aromatic carbocycles. The van der Waals surface area contributed by atoms with E-state index in [1.165, 1.54) is 0 Å². The van der Waals surface area contributed by atoms with E-state index in [9.17, 15) is 4.79 Å². The standard InChI is InChI=1S/C23H19N3O2/c27-23(24-21-16-17-26(25-21)19-12-6-2-7-13-19)22(18-10-4-1-5-11-18)28-20-14-8-3-9-15-20/h1-17,22H,(H,24,25,27). The van der Waals surface area contributed by atoms with E-state index in [0.717, 1.165) is 11.3 Å². The van der Waals surface area contributed by atoms with Crippen LogP contribution in [0.4, 0.5) is 5.82 Å². The molecule has 1 aromatic heterocycles. The van der Waals surface area contributed by atoms with Gasteiger partial charge in [-0.1, -0.05) is 66.7 Å². The van der Waals surface area contributed by atoms with Crippen LogP contribution in [-0.2, 0) is 4.79 Å². The van der Waals surface area contributed by atoms with Gasteiger partial charge in [0.15, 0.2) is 5.82 Å². The molecule has 0 aliphatic rings. The van der Waals surface area contributed by atoms with E-state index in [0.29, 0.717) is 11.6 Å². The van der Waals surface area contributed by atoms with E-state index >= 15 is 0 Å². The number of amides is 1. The fraction of sp³-hybridized carbons (Fsp3) is 0.0435. The van der Waals surface area contributed by atoms with Gasteiger partial charge in [-0.15, -0.1) is 0 Å². The third kappa shape index (κ3) is 4.10. The fourth-order valence-electron chi connectivity index (χ4n) is 2.84. The summed E-state index contributed by atoms with van der Waals surface area (Å²) in [5.41, 5.74) is 1.69. The molecule has 0 aliphatic heterocycles. The van der Waals surface area contributed by atoms with Gasteiger partial charge < -0.3 is 10.1 Å². The van der Waals surface area contributed by atoms with Gasteiger partial charge in [0.1, 0.15) is 5.75 Å². The smallest absolute Gasteiger partial charge is 0.271 e. The minimum Gasteiger partial charge on any atom is -0.476 e. The highest BCUT2D eigenvalue weighted by molar-refractivity contribution is 5.94. The first-order chi connectivity index (χ1) is 13.8. The maximum atomic E-state index is 13.0. The van der Waals surface area contributed by atoms with Crippen LogP contribution in [0.15, 0.2) is 103 Å². The number of benzene rings is 3. The molecular weight excluding hydrogens is 350 g/mol. The van der Waals surface area contributed by atoms with Crippen LogP contribution >= 0.6 is 0 Å². The Labute approximate surface area is 163 Å². The number of carbonyl (C=O) groups is 1. The first-order valence-electron chi connectivity index (χ1n) is 8.98. The van der Waals surface area contributed by atoms with Crippen molar-refractivity contribution in [3.05, 3.63) is 109 Å². The van der Waals surface area contributed by atoms with Gasteiger partial charge in [-0.05, 0) is 24.3 Å². The normalized spacial score (nSPS) is 11.6. The van der Waals surface area contributed by atoms with Crippen LogP contribution < -0.4 is 10.1 Å². The second-order valence-electron chi connectivity index (χ2n) is 6.19. The van der Waals surface area contributed by atoms with Crippen molar-refractivity contribution in [1.29, 1.82) is 0 Å². The van der Waals surface area contributed by atoms with E-state index in [4.69, 9.17) is 4.74 Å². The lowest BCUT2D eigenvalue weighted by Gasteiger charge is -2.18. The summed E-state index contributed by atoms with van der Waals surface area (Å²) in [6.07, 6.45) is 1.02. The Balaban J connectivity index is 1.55. The number of rotatable bonds is 6. The number of ether oxygens (including phenoxy) is 1. The summed E-state index contributed by atoms with van der Waals surface area (Å²) in [6.45, 7) is 0. The van der Waals surface area contributed by atoms with Gasteiger partial charge in [-0.2, -0.15) is 5.10 Å². The molecule has 0 aliphatic carbocycles. The number of para-hydroxylation sites is 2. The number of hydrogen-bond donors (Lipinski definition) is 1. The summed E-state index contributed by atoms with van der Waals surface area (Å²) in [5, 5.41) is 7.29. The van der Waals surface area contributed by atoms with E-state index in [1.807, 2.05) is 91.0 Å². The molecule has 0 radical (unpaired) electrons. The molecule has 4 aromatic rings. The van der Waals surface area contributed by atoms with Crippen molar-refractivity contribution in [2.75, 3.05) is 5.32 Å². The largest absolute Gasteiger partial charge is 0.476 e. The monoisotopic (exact) mass is 369 g/mol. The third-order valence-corrected chi connectivity index (χ3v) is 4.20. The Morgan fingerprint density at radius 3 is 2.11 bits per heavy atom. The molecule has 0 bridgehead atoms. The molecule has 0 saturated heterocycles. The van der Waals surface area contributed by atoms with Crippen LogP contribution in [-0.4, -0.2) is 15.7 Å². The van der Waals surface area contributed by atoms with Gasteiger partial charge >= 0.3 is 0 Å². The molecule has 1 amide bonds. The van der Waals surface area contributed by atoms with E-state index in [-0.39, 0.29) is 5.91 Å². The van der Waals surface area contributed by atoms with E-state index in [1.54, 1.807) is 16.9 Å². The fourth-order valence-corrected chi connectivity index (χ4v) is 2.84. The third-order valence-electron chi connectivity index (χ3n) is 4.20. The SMILES string of the molecule is O=C(Nc1ccn(-c2ccccc2)n1)C(Oc1ccccc1)c1ccccc1. The van der Waals surface area contributed by atoms with Gasteiger partial charge in [0.05, 0.1) is 5.69 Å². The summed E-state index contributed by atoms with van der Waals surface area (Å²) < 4.78 is 7.69. The van der Waals surface area contributed by atoms with Gasteiger partial charge in [0, 0.05) is 17.8 Å². The Kier molecular flexibility index (Phi) is 5.15. The molecule has 5 heteroatoms. The number of aromatic nitrogens is 2. The summed E-state index contributed by atoms with van der Waals surface area (Å²) in [6, 6.07) is 30.2. The molecule has 1 N–H and O–H groups in total. The molecule has 0 saturated carbocycles. The van der Waals surface area contributed by atoms with Crippen molar-refractivity contribution in [2.24, 2.45) is 0 Å². The van der Waals surface area contributed by atoms with Crippen LogP contribution in [0.5, 0.6) is 5.75 Å². The van der Waals surface area contributed by atoms with Crippen LogP contribution in [0.25, 0.3) is 5.69 Å². The van der Waals surface area contributed by atoms with Crippen molar-refractivity contribution in [2.45, 2.75) is 6.10 Å². The van der Waals surface area contributed by atoms with Gasteiger partial charge in [0.25, 0.3) is 5.91 Å². The molecular formula is C23H19N3O2. The lowest BCUT2D eigenvalue weighted by Crippen LogP contribution is -2.26. The Morgan fingerprint density at radius 1 is 0.821 bits per heavy atom. The molecule has 5 nitrogen and oxygen atoms in total. The maximum absolute atomic E-state index is 13.0. The second-order valence-corrected chi connectivity index (χ2v) is 6.19. The lowest BCUT2D eigenvalue weighted by molar-refractivity contribution is -0.123. The molecule has 0 fully saturated rings. The number of nitrogens with one attached hydrogen (secondary N) is 1. The number of hydrogen-bond acceptors (Lipinski definition) is 3.